The molecule has 2 aromatic carbocycles. The van der Waals surface area contributed by atoms with Gasteiger partial charge in [-0.2, -0.15) is 0 Å². The SMILES string of the molecule is Nc1ccccc1NC(=O)C1CC1c1ccccc1. The fraction of sp³-hybridized carbons (Fsp3) is 0.188. The van der Waals surface area contributed by atoms with E-state index < -0.39 is 0 Å². The summed E-state index contributed by atoms with van der Waals surface area (Å²) in [5.41, 5.74) is 8.36. The van der Waals surface area contributed by atoms with Crippen molar-refractivity contribution in [1.29, 1.82) is 0 Å². The van der Waals surface area contributed by atoms with Gasteiger partial charge in [0.2, 0.25) is 5.91 Å². The summed E-state index contributed by atoms with van der Waals surface area (Å²) in [5, 5.41) is 2.91. The summed E-state index contributed by atoms with van der Waals surface area (Å²) in [5.74, 6) is 0.486. The molecule has 0 aromatic heterocycles. The highest BCUT2D eigenvalue weighted by atomic mass is 16.2. The summed E-state index contributed by atoms with van der Waals surface area (Å²) >= 11 is 0. The molecule has 1 fully saturated rings. The Kier molecular flexibility index (Phi) is 2.95. The Hall–Kier alpha value is -2.29. The molecule has 19 heavy (non-hydrogen) atoms. The lowest BCUT2D eigenvalue weighted by atomic mass is 10.1. The van der Waals surface area contributed by atoms with Gasteiger partial charge in [-0.05, 0) is 30.0 Å². The number of nitrogen functional groups attached to an aromatic ring is 1. The molecule has 1 amide bonds. The van der Waals surface area contributed by atoms with Crippen molar-refractivity contribution in [3.63, 3.8) is 0 Å². The molecule has 2 aromatic rings. The fourth-order valence-corrected chi connectivity index (χ4v) is 2.39. The molecule has 2 atom stereocenters. The van der Waals surface area contributed by atoms with Gasteiger partial charge in [-0.3, -0.25) is 4.79 Å². The Labute approximate surface area is 112 Å². The number of nitrogens with two attached hydrogens (primary N) is 1. The highest BCUT2D eigenvalue weighted by Crippen LogP contribution is 2.47. The predicted octanol–water partition coefficient (Wildman–Crippen LogP) is 3.01. The minimum atomic E-state index is 0.0618. The van der Waals surface area contributed by atoms with E-state index >= 15 is 0 Å². The van der Waals surface area contributed by atoms with Crippen molar-refractivity contribution in [2.45, 2.75) is 12.3 Å². The summed E-state index contributed by atoms with van der Waals surface area (Å²) < 4.78 is 0. The van der Waals surface area contributed by atoms with E-state index in [1.165, 1.54) is 5.56 Å². The Bertz CT molecular complexity index is 595. The molecule has 1 saturated carbocycles. The lowest BCUT2D eigenvalue weighted by Gasteiger charge is -2.07. The standard InChI is InChI=1S/C16H16N2O/c17-14-8-4-5-9-15(14)18-16(19)13-10-12(13)11-6-2-1-3-7-11/h1-9,12-13H,10,17H2,(H,18,19). The third kappa shape index (κ3) is 2.45. The first-order valence-electron chi connectivity index (χ1n) is 6.46. The van der Waals surface area contributed by atoms with Crippen LogP contribution < -0.4 is 11.1 Å². The number of rotatable bonds is 3. The van der Waals surface area contributed by atoms with Crippen LogP contribution >= 0.6 is 0 Å². The first-order chi connectivity index (χ1) is 9.25. The van der Waals surface area contributed by atoms with Crippen LogP contribution in [0, 0.1) is 5.92 Å². The Morgan fingerprint density at radius 1 is 1.05 bits per heavy atom. The molecule has 3 heteroatoms. The molecule has 1 aliphatic carbocycles. The van der Waals surface area contributed by atoms with Crippen LogP contribution in [-0.2, 0) is 4.79 Å². The number of nitrogens with one attached hydrogen (secondary N) is 1. The van der Waals surface area contributed by atoms with Gasteiger partial charge < -0.3 is 11.1 Å². The molecular formula is C16H16N2O. The van der Waals surface area contributed by atoms with Crippen molar-refractivity contribution < 1.29 is 4.79 Å². The number of para-hydroxylation sites is 2. The normalized spacial score (nSPS) is 20.8. The lowest BCUT2D eigenvalue weighted by molar-refractivity contribution is -0.117. The largest absolute Gasteiger partial charge is 0.397 e. The number of carbonyl (C=O) groups excluding carboxylic acids is 1. The summed E-state index contributed by atoms with van der Waals surface area (Å²) in [7, 11) is 0. The van der Waals surface area contributed by atoms with E-state index in [4.69, 9.17) is 5.73 Å². The average Bonchev–Trinajstić information content (AvgIpc) is 3.23. The fourth-order valence-electron chi connectivity index (χ4n) is 2.39. The van der Waals surface area contributed by atoms with E-state index in [0.29, 0.717) is 17.3 Å². The number of benzene rings is 2. The van der Waals surface area contributed by atoms with Crippen LogP contribution in [0.25, 0.3) is 0 Å². The molecule has 0 spiro atoms. The van der Waals surface area contributed by atoms with Gasteiger partial charge in [0.1, 0.15) is 0 Å². The zero-order valence-electron chi connectivity index (χ0n) is 10.5. The maximum absolute atomic E-state index is 12.1. The van der Waals surface area contributed by atoms with Gasteiger partial charge in [0.25, 0.3) is 0 Å². The summed E-state index contributed by atoms with van der Waals surface area (Å²) in [4.78, 5) is 12.1. The minimum absolute atomic E-state index is 0.0618. The molecule has 1 aliphatic rings. The first-order valence-corrected chi connectivity index (χ1v) is 6.46. The van der Waals surface area contributed by atoms with Crippen LogP contribution in [0.2, 0.25) is 0 Å². The smallest absolute Gasteiger partial charge is 0.228 e. The Morgan fingerprint density at radius 3 is 2.47 bits per heavy atom. The van der Waals surface area contributed by atoms with Crippen molar-refractivity contribution in [3.8, 4) is 0 Å². The van der Waals surface area contributed by atoms with E-state index in [1.54, 1.807) is 6.07 Å². The second-order valence-corrected chi connectivity index (χ2v) is 4.94. The number of hydrogen-bond donors (Lipinski definition) is 2. The Balaban J connectivity index is 1.66. The average molecular weight is 252 g/mol. The van der Waals surface area contributed by atoms with Gasteiger partial charge in [-0.1, -0.05) is 42.5 Å². The number of carbonyl (C=O) groups is 1. The zero-order valence-corrected chi connectivity index (χ0v) is 10.5. The lowest BCUT2D eigenvalue weighted by Crippen LogP contribution is -2.15. The summed E-state index contributed by atoms with van der Waals surface area (Å²) in [6.07, 6.45) is 0.919. The maximum Gasteiger partial charge on any atom is 0.228 e. The van der Waals surface area contributed by atoms with Crippen LogP contribution in [-0.4, -0.2) is 5.91 Å². The van der Waals surface area contributed by atoms with Crippen LogP contribution in [0.5, 0.6) is 0 Å². The second-order valence-electron chi connectivity index (χ2n) is 4.94. The predicted molar refractivity (Wildman–Crippen MR) is 76.8 cm³/mol. The van der Waals surface area contributed by atoms with Gasteiger partial charge in [0.15, 0.2) is 0 Å². The van der Waals surface area contributed by atoms with Crippen molar-refractivity contribution in [2.75, 3.05) is 11.1 Å². The highest BCUT2D eigenvalue weighted by Gasteiger charge is 2.43. The molecule has 0 heterocycles. The first kappa shape index (κ1) is 11.8. The van der Waals surface area contributed by atoms with Crippen LogP contribution in [0.15, 0.2) is 54.6 Å². The van der Waals surface area contributed by atoms with E-state index in [1.807, 2.05) is 36.4 Å². The van der Waals surface area contributed by atoms with Gasteiger partial charge in [-0.25, -0.2) is 0 Å². The molecular weight excluding hydrogens is 236 g/mol. The maximum atomic E-state index is 12.1. The van der Waals surface area contributed by atoms with Crippen molar-refractivity contribution in [3.05, 3.63) is 60.2 Å². The third-order valence-corrected chi connectivity index (χ3v) is 3.57. The Morgan fingerprint density at radius 2 is 1.74 bits per heavy atom. The van der Waals surface area contributed by atoms with Crippen LogP contribution in [0.1, 0.15) is 17.9 Å². The number of anilines is 2. The molecule has 3 rings (SSSR count). The van der Waals surface area contributed by atoms with Gasteiger partial charge in [-0.15, -0.1) is 0 Å². The second kappa shape index (κ2) is 4.76. The highest BCUT2D eigenvalue weighted by molar-refractivity contribution is 5.97. The summed E-state index contributed by atoms with van der Waals surface area (Å²) in [6.45, 7) is 0. The number of hydrogen-bond acceptors (Lipinski definition) is 2. The molecule has 3 N–H and O–H groups in total. The molecule has 0 bridgehead atoms. The zero-order chi connectivity index (χ0) is 13.2. The van der Waals surface area contributed by atoms with Gasteiger partial charge >= 0.3 is 0 Å². The third-order valence-electron chi connectivity index (χ3n) is 3.57. The molecule has 0 aliphatic heterocycles. The van der Waals surface area contributed by atoms with Crippen molar-refractivity contribution in [2.24, 2.45) is 5.92 Å². The van der Waals surface area contributed by atoms with Crippen LogP contribution in [0.4, 0.5) is 11.4 Å². The molecule has 96 valence electrons. The molecule has 2 unspecified atom stereocenters. The van der Waals surface area contributed by atoms with Crippen LogP contribution in [0.3, 0.4) is 0 Å². The molecule has 0 radical (unpaired) electrons. The topological polar surface area (TPSA) is 55.1 Å². The van der Waals surface area contributed by atoms with Crippen molar-refractivity contribution in [1.82, 2.24) is 0 Å². The molecule has 3 nitrogen and oxygen atoms in total. The quantitative estimate of drug-likeness (QED) is 0.825. The monoisotopic (exact) mass is 252 g/mol. The van der Waals surface area contributed by atoms with E-state index in [-0.39, 0.29) is 11.8 Å². The summed E-state index contributed by atoms with van der Waals surface area (Å²) in [6, 6.07) is 17.5. The van der Waals surface area contributed by atoms with Gasteiger partial charge in [0, 0.05) is 5.92 Å². The van der Waals surface area contributed by atoms with E-state index in [2.05, 4.69) is 17.4 Å². The van der Waals surface area contributed by atoms with Crippen molar-refractivity contribution >= 4 is 17.3 Å². The van der Waals surface area contributed by atoms with E-state index in [9.17, 15) is 4.79 Å². The van der Waals surface area contributed by atoms with Gasteiger partial charge in [0.05, 0.1) is 11.4 Å². The molecule has 0 saturated heterocycles. The number of amides is 1. The van der Waals surface area contributed by atoms with E-state index in [0.717, 1.165) is 6.42 Å². The minimum Gasteiger partial charge on any atom is -0.397 e.